The second-order valence-corrected chi connectivity index (χ2v) is 9.36. The van der Waals surface area contributed by atoms with Crippen molar-refractivity contribution in [3.63, 3.8) is 0 Å². The van der Waals surface area contributed by atoms with E-state index in [4.69, 9.17) is 19.1 Å². The Morgan fingerprint density at radius 1 is 1.09 bits per heavy atom. The van der Waals surface area contributed by atoms with E-state index in [-0.39, 0.29) is 0 Å². The fourth-order valence-electron chi connectivity index (χ4n) is 4.15. The molecule has 34 heavy (non-hydrogen) atoms. The molecule has 1 aromatic carbocycles. The summed E-state index contributed by atoms with van der Waals surface area (Å²) < 4.78 is 13.6. The Bertz CT molecular complexity index is 1270. The Morgan fingerprint density at radius 2 is 2.00 bits per heavy atom. The first-order valence-corrected chi connectivity index (χ1v) is 12.4. The third-order valence-electron chi connectivity index (χ3n) is 5.91. The van der Waals surface area contributed by atoms with Gasteiger partial charge in [0.25, 0.3) is 0 Å². The Hall–Kier alpha value is -3.11. The van der Waals surface area contributed by atoms with E-state index >= 15 is 0 Å². The molecular weight excluding hydrogens is 450 g/mol. The van der Waals surface area contributed by atoms with Gasteiger partial charge in [-0.15, -0.1) is 10.2 Å². The van der Waals surface area contributed by atoms with Crippen molar-refractivity contribution >= 4 is 28.6 Å². The molecule has 0 aliphatic carbocycles. The molecule has 0 bridgehead atoms. The second kappa shape index (κ2) is 10.0. The minimum absolute atomic E-state index is 0.646. The van der Waals surface area contributed by atoms with E-state index < -0.39 is 0 Å². The summed E-state index contributed by atoms with van der Waals surface area (Å²) >= 11 is 1.48. The number of rotatable bonds is 7. The van der Waals surface area contributed by atoms with Crippen LogP contribution in [0.4, 0.5) is 5.95 Å². The van der Waals surface area contributed by atoms with Crippen molar-refractivity contribution in [3.05, 3.63) is 48.1 Å². The highest BCUT2D eigenvalue weighted by Gasteiger charge is 2.19. The molecule has 5 rings (SSSR count). The molecular formula is C24H29N7O2S. The molecule has 9 nitrogen and oxygen atoms in total. The van der Waals surface area contributed by atoms with E-state index in [0.717, 1.165) is 83.4 Å². The van der Waals surface area contributed by atoms with Crippen LogP contribution in [0.3, 0.4) is 0 Å². The number of aromatic nitrogens is 5. The third kappa shape index (κ3) is 5.02. The molecule has 1 saturated heterocycles. The molecule has 0 spiro atoms. The fraction of sp³-hybridized carbons (Fsp3) is 0.417. The number of fused-ring (bicyclic) bond motifs is 1. The summed E-state index contributed by atoms with van der Waals surface area (Å²) in [4.78, 5) is 14.4. The topological polar surface area (TPSA) is 85.3 Å². The Kier molecular flexibility index (Phi) is 6.68. The highest BCUT2D eigenvalue weighted by atomic mass is 32.2. The standard InChI is InChI=1S/C24H29N7O2S/c1-4-32-18-6-8-21-20(14-18)17(2)26-23(27-21)31-11-5-10-30(12-13-31)15-19-7-9-22(33-19)34-24-28-25-16-29(24)3/h6-9,14,16H,4-5,10-13,15H2,1-3H3. The SMILES string of the molecule is CCOc1ccc2nc(N3CCCN(Cc4ccc(Sc5nncn5C)o4)CC3)nc(C)c2c1. The first kappa shape index (κ1) is 22.7. The smallest absolute Gasteiger partial charge is 0.226 e. The predicted octanol–water partition coefficient (Wildman–Crippen LogP) is 3.92. The van der Waals surface area contributed by atoms with Crippen molar-refractivity contribution < 1.29 is 9.15 Å². The monoisotopic (exact) mass is 479 g/mol. The number of ether oxygens (including phenoxy) is 1. The average molecular weight is 480 g/mol. The van der Waals surface area contributed by atoms with Crippen molar-refractivity contribution in [3.8, 4) is 5.75 Å². The van der Waals surface area contributed by atoms with Crippen molar-refractivity contribution in [2.45, 2.75) is 37.1 Å². The van der Waals surface area contributed by atoms with E-state index in [1.807, 2.05) is 55.8 Å². The highest BCUT2D eigenvalue weighted by Crippen LogP contribution is 2.28. The van der Waals surface area contributed by atoms with Crippen LogP contribution in [0, 0.1) is 6.92 Å². The molecule has 1 fully saturated rings. The van der Waals surface area contributed by atoms with Crippen molar-refractivity contribution in [2.24, 2.45) is 7.05 Å². The van der Waals surface area contributed by atoms with Gasteiger partial charge in [-0.2, -0.15) is 0 Å². The van der Waals surface area contributed by atoms with E-state index in [2.05, 4.69) is 20.0 Å². The third-order valence-corrected chi connectivity index (χ3v) is 6.88. The summed E-state index contributed by atoms with van der Waals surface area (Å²) in [7, 11) is 1.92. The quantitative estimate of drug-likeness (QED) is 0.391. The van der Waals surface area contributed by atoms with Crippen molar-refractivity contribution in [2.75, 3.05) is 37.7 Å². The van der Waals surface area contributed by atoms with Crippen LogP contribution in [0.15, 0.2) is 51.3 Å². The van der Waals surface area contributed by atoms with Gasteiger partial charge < -0.3 is 18.6 Å². The number of hydrogen-bond donors (Lipinski definition) is 0. The summed E-state index contributed by atoms with van der Waals surface area (Å²) in [5, 5.41) is 10.7. The number of anilines is 1. The van der Waals surface area contributed by atoms with Gasteiger partial charge in [0, 0.05) is 38.6 Å². The van der Waals surface area contributed by atoms with E-state index in [1.165, 1.54) is 11.8 Å². The Morgan fingerprint density at radius 3 is 2.82 bits per heavy atom. The van der Waals surface area contributed by atoms with Gasteiger partial charge in [-0.25, -0.2) is 9.97 Å². The lowest BCUT2D eigenvalue weighted by Gasteiger charge is -2.22. The number of benzene rings is 1. The zero-order valence-electron chi connectivity index (χ0n) is 19.8. The van der Waals surface area contributed by atoms with Gasteiger partial charge in [-0.05, 0) is 62.4 Å². The number of furan rings is 1. The first-order chi connectivity index (χ1) is 16.6. The number of nitrogens with zero attached hydrogens (tertiary/aromatic N) is 7. The molecule has 0 amide bonds. The lowest BCUT2D eigenvalue weighted by Crippen LogP contribution is -2.31. The minimum Gasteiger partial charge on any atom is -0.494 e. The number of hydrogen-bond acceptors (Lipinski definition) is 9. The zero-order valence-corrected chi connectivity index (χ0v) is 20.6. The van der Waals surface area contributed by atoms with Crippen LogP contribution in [0.5, 0.6) is 5.75 Å². The molecule has 4 aromatic rings. The molecule has 1 aliphatic rings. The Balaban J connectivity index is 1.23. The first-order valence-electron chi connectivity index (χ1n) is 11.6. The molecule has 0 atom stereocenters. The molecule has 10 heteroatoms. The Labute approximate surface area is 203 Å². The molecule has 0 radical (unpaired) electrons. The molecule has 0 unspecified atom stereocenters. The average Bonchev–Trinajstić information content (AvgIpc) is 3.37. The van der Waals surface area contributed by atoms with Crippen LogP contribution < -0.4 is 9.64 Å². The summed E-state index contributed by atoms with van der Waals surface area (Å²) in [6.45, 7) is 9.21. The van der Waals surface area contributed by atoms with Crippen LogP contribution >= 0.6 is 11.8 Å². The molecule has 0 N–H and O–H groups in total. The molecule has 4 heterocycles. The maximum absolute atomic E-state index is 6.05. The predicted molar refractivity (Wildman–Crippen MR) is 131 cm³/mol. The van der Waals surface area contributed by atoms with Crippen LogP contribution in [-0.4, -0.2) is 62.4 Å². The summed E-state index contributed by atoms with van der Waals surface area (Å²) in [6, 6.07) is 10.1. The van der Waals surface area contributed by atoms with Gasteiger partial charge in [-0.1, -0.05) is 0 Å². The minimum atomic E-state index is 0.646. The van der Waals surface area contributed by atoms with Gasteiger partial charge in [0.15, 0.2) is 10.2 Å². The van der Waals surface area contributed by atoms with Gasteiger partial charge >= 0.3 is 0 Å². The number of aryl methyl sites for hydroxylation is 2. The molecule has 0 saturated carbocycles. The van der Waals surface area contributed by atoms with Crippen LogP contribution in [-0.2, 0) is 13.6 Å². The van der Waals surface area contributed by atoms with E-state index in [0.29, 0.717) is 6.61 Å². The summed E-state index contributed by atoms with van der Waals surface area (Å²) in [6.07, 6.45) is 2.74. The van der Waals surface area contributed by atoms with Crippen LogP contribution in [0.25, 0.3) is 10.9 Å². The zero-order chi connectivity index (χ0) is 23.5. The van der Waals surface area contributed by atoms with Gasteiger partial charge in [0.2, 0.25) is 5.95 Å². The van der Waals surface area contributed by atoms with Crippen molar-refractivity contribution in [1.82, 2.24) is 29.6 Å². The lowest BCUT2D eigenvalue weighted by molar-refractivity contribution is 0.252. The maximum atomic E-state index is 6.05. The fourth-order valence-corrected chi connectivity index (χ4v) is 4.89. The lowest BCUT2D eigenvalue weighted by atomic mass is 10.2. The van der Waals surface area contributed by atoms with E-state index in [1.54, 1.807) is 6.33 Å². The maximum Gasteiger partial charge on any atom is 0.226 e. The normalized spacial score (nSPS) is 15.1. The van der Waals surface area contributed by atoms with Gasteiger partial charge in [0.05, 0.1) is 24.4 Å². The van der Waals surface area contributed by atoms with Gasteiger partial charge in [0.1, 0.15) is 17.8 Å². The summed E-state index contributed by atoms with van der Waals surface area (Å²) in [5.41, 5.74) is 1.93. The van der Waals surface area contributed by atoms with Crippen molar-refractivity contribution in [1.29, 1.82) is 0 Å². The summed E-state index contributed by atoms with van der Waals surface area (Å²) in [5.74, 6) is 2.62. The highest BCUT2D eigenvalue weighted by molar-refractivity contribution is 7.99. The second-order valence-electron chi connectivity index (χ2n) is 8.38. The largest absolute Gasteiger partial charge is 0.494 e. The van der Waals surface area contributed by atoms with Crippen LogP contribution in [0.2, 0.25) is 0 Å². The van der Waals surface area contributed by atoms with Gasteiger partial charge in [-0.3, -0.25) is 4.90 Å². The molecule has 178 valence electrons. The molecule has 3 aromatic heterocycles. The van der Waals surface area contributed by atoms with E-state index in [9.17, 15) is 0 Å². The molecule has 1 aliphatic heterocycles. The van der Waals surface area contributed by atoms with Crippen LogP contribution in [0.1, 0.15) is 24.8 Å².